The number of aromatic nitrogens is 2. The number of nitrogens with zero attached hydrogens (tertiary/aromatic N) is 3. The molecule has 0 aliphatic carbocycles. The highest BCUT2D eigenvalue weighted by Crippen LogP contribution is 2.38. The van der Waals surface area contributed by atoms with E-state index < -0.39 is 11.7 Å². The minimum absolute atomic E-state index is 0.00352. The van der Waals surface area contributed by atoms with Gasteiger partial charge in [-0.25, -0.2) is 4.68 Å². The van der Waals surface area contributed by atoms with Crippen LogP contribution in [0.2, 0.25) is 15.2 Å². The zero-order valence-electron chi connectivity index (χ0n) is 10.3. The molecule has 1 aromatic heterocycles. The number of halogens is 6. The summed E-state index contributed by atoms with van der Waals surface area (Å²) in [4.78, 5) is 0. The van der Waals surface area contributed by atoms with Crippen molar-refractivity contribution < 1.29 is 13.2 Å². The Morgan fingerprint density at radius 1 is 1.18 bits per heavy atom. The van der Waals surface area contributed by atoms with E-state index in [1.54, 1.807) is 6.07 Å². The maximum absolute atomic E-state index is 12.7. The van der Waals surface area contributed by atoms with E-state index in [2.05, 4.69) is 11.0 Å². The number of hydrogen-bond acceptors (Lipinski definition) is 2. The summed E-state index contributed by atoms with van der Waals surface area (Å²) in [5, 5.41) is 11.9. The lowest BCUT2D eigenvalue weighted by Gasteiger charge is -2.12. The molecular formula is C13H3Cl3F3N3. The van der Waals surface area contributed by atoms with Crippen molar-refractivity contribution in [2.24, 2.45) is 0 Å². The van der Waals surface area contributed by atoms with E-state index in [1.165, 1.54) is 0 Å². The van der Waals surface area contributed by atoms with Crippen LogP contribution in [0.1, 0.15) is 16.8 Å². The van der Waals surface area contributed by atoms with Crippen molar-refractivity contribution in [3.8, 4) is 24.1 Å². The SMILES string of the molecule is C#Cc1c(C#N)nn(-c2c(Cl)cc(C(F)(F)F)cc2Cl)c1Cl. The number of rotatable bonds is 1. The van der Waals surface area contributed by atoms with Crippen molar-refractivity contribution in [2.45, 2.75) is 6.18 Å². The molecule has 0 radical (unpaired) electrons. The highest BCUT2D eigenvalue weighted by Gasteiger charge is 2.32. The lowest BCUT2D eigenvalue weighted by atomic mass is 10.2. The first kappa shape index (κ1) is 16.5. The standard InChI is InChI=1S/C13H3Cl3F3N3/c1-2-7-10(5-20)21-22(12(7)16)11-8(14)3-6(4-9(11)15)13(17,18)19/h1,3-4H. The quantitative estimate of drug-likeness (QED) is 0.688. The molecule has 0 aliphatic heterocycles. The Bertz CT molecular complexity index is 818. The first-order valence-electron chi connectivity index (χ1n) is 5.42. The second-order valence-corrected chi connectivity index (χ2v) is 5.14. The average Bonchev–Trinajstić information content (AvgIpc) is 2.73. The lowest BCUT2D eigenvalue weighted by Crippen LogP contribution is -2.07. The van der Waals surface area contributed by atoms with Crippen LogP contribution >= 0.6 is 34.8 Å². The first-order valence-corrected chi connectivity index (χ1v) is 6.56. The fourth-order valence-electron chi connectivity index (χ4n) is 1.68. The Morgan fingerprint density at radius 2 is 1.73 bits per heavy atom. The fraction of sp³-hybridized carbons (Fsp3) is 0.0769. The minimum Gasteiger partial charge on any atom is -0.216 e. The van der Waals surface area contributed by atoms with Gasteiger partial charge in [-0.3, -0.25) is 0 Å². The van der Waals surface area contributed by atoms with Crippen LogP contribution in [-0.4, -0.2) is 9.78 Å². The van der Waals surface area contributed by atoms with E-state index >= 15 is 0 Å². The molecule has 9 heteroatoms. The summed E-state index contributed by atoms with van der Waals surface area (Å²) in [6.07, 6.45) is 0.613. The zero-order valence-corrected chi connectivity index (χ0v) is 12.6. The fourth-order valence-corrected chi connectivity index (χ4v) is 2.60. The normalized spacial score (nSPS) is 11.1. The zero-order chi connectivity index (χ0) is 16.7. The predicted molar refractivity (Wildman–Crippen MR) is 76.2 cm³/mol. The second-order valence-electron chi connectivity index (χ2n) is 3.97. The summed E-state index contributed by atoms with van der Waals surface area (Å²) < 4.78 is 39.0. The molecule has 112 valence electrons. The van der Waals surface area contributed by atoms with Gasteiger partial charge in [0.15, 0.2) is 5.69 Å². The molecule has 3 nitrogen and oxygen atoms in total. The third-order valence-corrected chi connectivity index (χ3v) is 3.56. The third-order valence-electron chi connectivity index (χ3n) is 2.64. The summed E-state index contributed by atoms with van der Waals surface area (Å²) in [6.45, 7) is 0. The van der Waals surface area contributed by atoms with Gasteiger partial charge in [-0.15, -0.1) is 6.42 Å². The van der Waals surface area contributed by atoms with Crippen molar-refractivity contribution in [2.75, 3.05) is 0 Å². The van der Waals surface area contributed by atoms with Crippen LogP contribution in [0, 0.1) is 23.7 Å². The van der Waals surface area contributed by atoms with Crippen LogP contribution in [0.5, 0.6) is 0 Å². The number of alkyl halides is 3. The van der Waals surface area contributed by atoms with E-state index in [-0.39, 0.29) is 32.1 Å². The largest absolute Gasteiger partial charge is 0.416 e. The molecule has 0 fully saturated rings. The molecule has 1 aromatic carbocycles. The smallest absolute Gasteiger partial charge is 0.216 e. The maximum Gasteiger partial charge on any atom is 0.416 e. The molecule has 2 rings (SSSR count). The number of nitriles is 1. The van der Waals surface area contributed by atoms with Crippen molar-refractivity contribution in [3.63, 3.8) is 0 Å². The summed E-state index contributed by atoms with van der Waals surface area (Å²) in [5.41, 5.74) is -1.29. The van der Waals surface area contributed by atoms with Crippen LogP contribution in [0.4, 0.5) is 13.2 Å². The van der Waals surface area contributed by atoms with Crippen LogP contribution in [0.15, 0.2) is 12.1 Å². The Labute approximate surface area is 137 Å². The van der Waals surface area contributed by atoms with Crippen molar-refractivity contribution >= 4 is 34.8 Å². The topological polar surface area (TPSA) is 41.6 Å². The summed E-state index contributed by atoms with van der Waals surface area (Å²) in [7, 11) is 0. The van der Waals surface area contributed by atoms with Gasteiger partial charge in [0.2, 0.25) is 0 Å². The van der Waals surface area contributed by atoms with E-state index in [0.717, 1.165) is 4.68 Å². The van der Waals surface area contributed by atoms with Gasteiger partial charge in [-0.05, 0) is 12.1 Å². The Kier molecular flexibility index (Phi) is 4.30. The lowest BCUT2D eigenvalue weighted by molar-refractivity contribution is -0.137. The molecule has 0 bridgehead atoms. The van der Waals surface area contributed by atoms with Gasteiger partial charge in [-0.1, -0.05) is 40.7 Å². The molecule has 0 saturated heterocycles. The minimum atomic E-state index is -4.61. The Balaban J connectivity index is 2.73. The number of terminal acetylenes is 1. The van der Waals surface area contributed by atoms with Gasteiger partial charge in [0, 0.05) is 0 Å². The molecule has 0 amide bonds. The molecule has 0 spiro atoms. The molecule has 0 aliphatic rings. The molecule has 1 heterocycles. The van der Waals surface area contributed by atoms with E-state index in [0.29, 0.717) is 12.1 Å². The van der Waals surface area contributed by atoms with Crippen LogP contribution in [-0.2, 0) is 6.18 Å². The van der Waals surface area contributed by atoms with Gasteiger partial charge < -0.3 is 0 Å². The van der Waals surface area contributed by atoms with Gasteiger partial charge in [0.25, 0.3) is 0 Å². The Morgan fingerprint density at radius 3 is 2.09 bits per heavy atom. The van der Waals surface area contributed by atoms with Crippen LogP contribution < -0.4 is 0 Å². The number of hydrogen-bond donors (Lipinski definition) is 0. The van der Waals surface area contributed by atoms with E-state index in [1.807, 2.05) is 0 Å². The van der Waals surface area contributed by atoms with E-state index in [9.17, 15) is 13.2 Å². The maximum atomic E-state index is 12.7. The van der Waals surface area contributed by atoms with Crippen molar-refractivity contribution in [1.29, 1.82) is 5.26 Å². The van der Waals surface area contributed by atoms with Gasteiger partial charge in [-0.2, -0.15) is 23.5 Å². The summed E-state index contributed by atoms with van der Waals surface area (Å²) in [5.74, 6) is 2.18. The van der Waals surface area contributed by atoms with Gasteiger partial charge in [0.1, 0.15) is 16.9 Å². The van der Waals surface area contributed by atoms with E-state index in [4.69, 9.17) is 46.5 Å². The molecule has 2 aromatic rings. The second kappa shape index (κ2) is 5.73. The monoisotopic (exact) mass is 363 g/mol. The van der Waals surface area contributed by atoms with Gasteiger partial charge >= 0.3 is 6.18 Å². The molecule has 0 saturated carbocycles. The van der Waals surface area contributed by atoms with Crippen molar-refractivity contribution in [1.82, 2.24) is 9.78 Å². The molecular weight excluding hydrogens is 362 g/mol. The third kappa shape index (κ3) is 2.74. The molecule has 22 heavy (non-hydrogen) atoms. The highest BCUT2D eigenvalue weighted by atomic mass is 35.5. The van der Waals surface area contributed by atoms with Crippen molar-refractivity contribution in [3.05, 3.63) is 44.2 Å². The van der Waals surface area contributed by atoms with Gasteiger partial charge in [0.05, 0.1) is 21.2 Å². The summed E-state index contributed by atoms with van der Waals surface area (Å²) in [6, 6.07) is 3.09. The molecule has 0 N–H and O–H groups in total. The number of benzene rings is 1. The van der Waals surface area contributed by atoms with Crippen LogP contribution in [0.3, 0.4) is 0 Å². The molecule has 0 unspecified atom stereocenters. The predicted octanol–water partition coefficient (Wildman–Crippen LogP) is 4.70. The molecule has 0 atom stereocenters. The summed E-state index contributed by atoms with van der Waals surface area (Å²) >= 11 is 17.7. The highest BCUT2D eigenvalue weighted by molar-refractivity contribution is 6.38. The average molecular weight is 365 g/mol. The Hall–Kier alpha value is -1.86. The van der Waals surface area contributed by atoms with Crippen LogP contribution in [0.25, 0.3) is 5.69 Å². The first-order chi connectivity index (χ1) is 10.2.